The summed E-state index contributed by atoms with van der Waals surface area (Å²) in [6.07, 6.45) is 3.35. The molecule has 6 heteroatoms. The van der Waals surface area contributed by atoms with Gasteiger partial charge in [0.2, 0.25) is 0 Å². The molecule has 1 aliphatic heterocycles. The summed E-state index contributed by atoms with van der Waals surface area (Å²) in [6.45, 7) is 3.52. The molecule has 6 nitrogen and oxygen atoms in total. The van der Waals surface area contributed by atoms with Gasteiger partial charge in [0.1, 0.15) is 6.23 Å². The van der Waals surface area contributed by atoms with Gasteiger partial charge in [-0.1, -0.05) is 0 Å². The van der Waals surface area contributed by atoms with Crippen molar-refractivity contribution in [2.75, 3.05) is 34.6 Å². The summed E-state index contributed by atoms with van der Waals surface area (Å²) < 4.78 is 5.68. The van der Waals surface area contributed by atoms with Crippen molar-refractivity contribution in [1.29, 1.82) is 0 Å². The normalized spacial score (nSPS) is 17.1. The first kappa shape index (κ1) is 17.4. The second-order valence-electron chi connectivity index (χ2n) is 6.15. The summed E-state index contributed by atoms with van der Waals surface area (Å²) in [7, 11) is 0. The standard InChI is InChI=1S/C19H25N4O2/c1-2-21-17-11-6-14(20)13-18(17)23(24)16-9-7-15(8-10-16)22-19-5-3-4-12-25-19/h6-11,13,19,21-22H,2-5,12,20H2,1H3/q-1. The number of nitrogens with zero attached hydrogens (tertiary/aromatic N) is 1. The molecule has 0 aliphatic carbocycles. The molecule has 1 heterocycles. The minimum Gasteiger partial charge on any atom is -0.754 e. The summed E-state index contributed by atoms with van der Waals surface area (Å²) in [4.78, 5) is 0. The van der Waals surface area contributed by atoms with Crippen LogP contribution in [0.1, 0.15) is 26.2 Å². The van der Waals surface area contributed by atoms with Crippen molar-refractivity contribution in [3.05, 3.63) is 47.7 Å². The van der Waals surface area contributed by atoms with Gasteiger partial charge >= 0.3 is 0 Å². The second-order valence-corrected chi connectivity index (χ2v) is 6.15. The van der Waals surface area contributed by atoms with E-state index in [1.807, 2.05) is 25.1 Å². The van der Waals surface area contributed by atoms with E-state index in [9.17, 15) is 5.21 Å². The van der Waals surface area contributed by atoms with E-state index in [0.29, 0.717) is 17.1 Å². The van der Waals surface area contributed by atoms with E-state index in [4.69, 9.17) is 10.5 Å². The van der Waals surface area contributed by atoms with Gasteiger partial charge in [-0.2, -0.15) is 0 Å². The molecule has 0 bridgehead atoms. The Morgan fingerprint density at radius 3 is 2.68 bits per heavy atom. The first-order valence-electron chi connectivity index (χ1n) is 8.76. The Kier molecular flexibility index (Phi) is 5.63. The molecule has 0 spiro atoms. The van der Waals surface area contributed by atoms with Gasteiger partial charge in [-0.05, 0) is 68.7 Å². The van der Waals surface area contributed by atoms with Gasteiger partial charge in [0.15, 0.2) is 0 Å². The minimum absolute atomic E-state index is 0.0530. The summed E-state index contributed by atoms with van der Waals surface area (Å²) >= 11 is 0. The fraction of sp³-hybridized carbons (Fsp3) is 0.368. The van der Waals surface area contributed by atoms with Crippen LogP contribution in [0, 0.1) is 5.21 Å². The second kappa shape index (κ2) is 8.09. The predicted molar refractivity (Wildman–Crippen MR) is 104 cm³/mol. The Hall–Kier alpha value is -2.44. The lowest BCUT2D eigenvalue weighted by molar-refractivity contribution is 0.0343. The molecule has 2 aromatic carbocycles. The summed E-state index contributed by atoms with van der Waals surface area (Å²) in [6, 6.07) is 12.7. The van der Waals surface area contributed by atoms with Crippen LogP contribution in [0.4, 0.5) is 28.4 Å². The molecule has 1 unspecified atom stereocenters. The molecular formula is C19H25N4O2-. The largest absolute Gasteiger partial charge is 0.754 e. The third-order valence-electron chi connectivity index (χ3n) is 4.22. The van der Waals surface area contributed by atoms with Gasteiger partial charge in [-0.25, -0.2) is 0 Å². The third-order valence-corrected chi connectivity index (χ3v) is 4.22. The Balaban J connectivity index is 1.74. The summed E-state index contributed by atoms with van der Waals surface area (Å²) in [5.41, 5.74) is 9.19. The van der Waals surface area contributed by atoms with Gasteiger partial charge in [-0.15, -0.1) is 0 Å². The molecule has 0 amide bonds. The number of nitrogens with one attached hydrogen (secondary N) is 2. The molecule has 1 atom stereocenters. The molecule has 3 rings (SSSR count). The molecule has 0 aromatic heterocycles. The average molecular weight is 341 g/mol. The van der Waals surface area contributed by atoms with Crippen molar-refractivity contribution in [3.63, 3.8) is 0 Å². The molecule has 0 radical (unpaired) electrons. The number of hydrogen-bond acceptors (Lipinski definition) is 6. The molecule has 0 saturated carbocycles. The summed E-state index contributed by atoms with van der Waals surface area (Å²) in [5.74, 6) is 0. The van der Waals surface area contributed by atoms with Crippen molar-refractivity contribution in [2.24, 2.45) is 0 Å². The zero-order valence-electron chi connectivity index (χ0n) is 14.5. The smallest absolute Gasteiger partial charge is 0.127 e. The van der Waals surface area contributed by atoms with Crippen LogP contribution in [-0.2, 0) is 4.74 Å². The lowest BCUT2D eigenvalue weighted by Gasteiger charge is -2.33. The lowest BCUT2D eigenvalue weighted by Crippen LogP contribution is -2.27. The highest BCUT2D eigenvalue weighted by Crippen LogP contribution is 2.33. The van der Waals surface area contributed by atoms with E-state index in [-0.39, 0.29) is 6.23 Å². The van der Waals surface area contributed by atoms with Gasteiger partial charge < -0.3 is 31.4 Å². The molecule has 1 fully saturated rings. The maximum absolute atomic E-state index is 12.8. The Morgan fingerprint density at radius 2 is 2.00 bits per heavy atom. The molecule has 2 aromatic rings. The molecule has 1 saturated heterocycles. The van der Waals surface area contributed by atoms with E-state index in [1.165, 1.54) is 6.42 Å². The number of rotatable bonds is 6. The predicted octanol–water partition coefficient (Wildman–Crippen LogP) is 4.28. The summed E-state index contributed by atoms with van der Waals surface area (Å²) in [5, 5.41) is 20.2. The highest BCUT2D eigenvalue weighted by molar-refractivity contribution is 5.80. The number of hydrogen-bond donors (Lipinski definition) is 3. The molecule has 25 heavy (non-hydrogen) atoms. The number of nitrogen functional groups attached to an aromatic ring is 1. The van der Waals surface area contributed by atoms with Crippen molar-refractivity contribution in [2.45, 2.75) is 32.4 Å². The highest BCUT2D eigenvalue weighted by atomic mass is 16.5. The van der Waals surface area contributed by atoms with Gasteiger partial charge in [0.25, 0.3) is 0 Å². The van der Waals surface area contributed by atoms with Crippen LogP contribution in [0.15, 0.2) is 42.5 Å². The lowest BCUT2D eigenvalue weighted by atomic mass is 10.1. The van der Waals surface area contributed by atoms with Gasteiger partial charge in [0.05, 0.1) is 11.4 Å². The quantitative estimate of drug-likeness (QED) is 0.537. The van der Waals surface area contributed by atoms with Gasteiger partial charge in [-0.3, -0.25) is 0 Å². The van der Waals surface area contributed by atoms with E-state index >= 15 is 0 Å². The Bertz CT molecular complexity index is 684. The molecule has 1 aliphatic rings. The third kappa shape index (κ3) is 4.35. The van der Waals surface area contributed by atoms with E-state index in [0.717, 1.165) is 42.4 Å². The maximum atomic E-state index is 12.8. The maximum Gasteiger partial charge on any atom is 0.127 e. The zero-order valence-corrected chi connectivity index (χ0v) is 14.5. The SMILES string of the molecule is CCNc1ccc(N)cc1N([O-])c1ccc(NC2CCCCO2)cc1. The monoisotopic (exact) mass is 341 g/mol. The molecule has 134 valence electrons. The zero-order chi connectivity index (χ0) is 17.6. The van der Waals surface area contributed by atoms with E-state index in [2.05, 4.69) is 10.6 Å². The van der Waals surface area contributed by atoms with Crippen molar-refractivity contribution < 1.29 is 4.74 Å². The number of benzene rings is 2. The Morgan fingerprint density at radius 1 is 1.20 bits per heavy atom. The van der Waals surface area contributed by atoms with Crippen molar-refractivity contribution in [3.8, 4) is 0 Å². The van der Waals surface area contributed by atoms with E-state index in [1.54, 1.807) is 24.3 Å². The highest BCUT2D eigenvalue weighted by Gasteiger charge is 2.13. The number of anilines is 5. The first-order valence-corrected chi connectivity index (χ1v) is 8.76. The van der Waals surface area contributed by atoms with Crippen LogP contribution in [0.25, 0.3) is 0 Å². The fourth-order valence-electron chi connectivity index (χ4n) is 2.93. The van der Waals surface area contributed by atoms with Crippen LogP contribution >= 0.6 is 0 Å². The number of nitrogens with two attached hydrogens (primary N) is 1. The van der Waals surface area contributed by atoms with Crippen molar-refractivity contribution in [1.82, 2.24) is 0 Å². The van der Waals surface area contributed by atoms with Crippen LogP contribution in [0.3, 0.4) is 0 Å². The minimum atomic E-state index is 0.0530. The fourth-order valence-corrected chi connectivity index (χ4v) is 2.93. The topological polar surface area (TPSA) is 85.6 Å². The van der Waals surface area contributed by atoms with Crippen LogP contribution in [-0.4, -0.2) is 19.4 Å². The van der Waals surface area contributed by atoms with Crippen molar-refractivity contribution >= 4 is 28.4 Å². The molecule has 4 N–H and O–H groups in total. The molecular weight excluding hydrogens is 316 g/mol. The van der Waals surface area contributed by atoms with Crippen LogP contribution < -0.4 is 21.4 Å². The van der Waals surface area contributed by atoms with Gasteiger partial charge in [0, 0.05) is 30.2 Å². The Labute approximate surface area is 148 Å². The average Bonchev–Trinajstić information content (AvgIpc) is 2.64. The van der Waals surface area contributed by atoms with Crippen LogP contribution in [0.5, 0.6) is 0 Å². The number of ether oxygens (including phenoxy) is 1. The van der Waals surface area contributed by atoms with E-state index < -0.39 is 0 Å². The first-order chi connectivity index (χ1) is 12.2. The van der Waals surface area contributed by atoms with Crippen LogP contribution in [0.2, 0.25) is 0 Å².